The van der Waals surface area contributed by atoms with Crippen molar-refractivity contribution < 1.29 is 9.53 Å². The molecule has 1 aromatic rings. The van der Waals surface area contributed by atoms with Crippen LogP contribution in [0.25, 0.3) is 0 Å². The highest BCUT2D eigenvalue weighted by molar-refractivity contribution is 5.71. The van der Waals surface area contributed by atoms with Crippen LogP contribution in [0, 0.1) is 6.92 Å². The van der Waals surface area contributed by atoms with Crippen LogP contribution in [-0.2, 0) is 0 Å². The second kappa shape index (κ2) is 5.39. The summed E-state index contributed by atoms with van der Waals surface area (Å²) in [5, 5.41) is 0. The third-order valence-corrected chi connectivity index (χ3v) is 2.31. The Kier molecular flexibility index (Phi) is 4.16. The molecule has 0 aliphatic rings. The molecule has 0 saturated carbocycles. The Morgan fingerprint density at radius 1 is 1.27 bits per heavy atom. The van der Waals surface area contributed by atoms with Gasteiger partial charge in [-0.3, -0.25) is 0 Å². The second-order valence-corrected chi connectivity index (χ2v) is 3.31. The lowest BCUT2D eigenvalue weighted by Gasteiger charge is -2.18. The summed E-state index contributed by atoms with van der Waals surface area (Å²) in [6.07, 6.45) is -0.283. The highest BCUT2D eigenvalue weighted by atomic mass is 16.6. The third-order valence-electron chi connectivity index (χ3n) is 2.31. The number of rotatable bonds is 3. The summed E-state index contributed by atoms with van der Waals surface area (Å²) in [4.78, 5) is 13.3. The molecule has 0 unspecified atom stereocenters. The fraction of sp³-hybridized carbons (Fsp3) is 0.417. The normalized spacial score (nSPS) is 9.80. The molecule has 0 radical (unpaired) electrons. The molecule has 0 aliphatic heterocycles. The first-order valence-corrected chi connectivity index (χ1v) is 5.21. The molecule has 0 atom stereocenters. The summed E-state index contributed by atoms with van der Waals surface area (Å²) in [6.45, 7) is 7.12. The van der Waals surface area contributed by atoms with Gasteiger partial charge in [-0.05, 0) is 32.4 Å². The molecule has 1 rings (SSSR count). The number of aryl methyl sites for hydroxylation is 1. The Morgan fingerprint density at radius 3 is 2.40 bits per heavy atom. The van der Waals surface area contributed by atoms with Gasteiger partial charge in [0.05, 0.1) is 0 Å². The minimum atomic E-state index is -0.283. The Labute approximate surface area is 90.7 Å². The molecule has 1 amide bonds. The lowest BCUT2D eigenvalue weighted by Crippen LogP contribution is -2.33. The molecule has 0 aliphatic carbocycles. The third kappa shape index (κ3) is 2.98. The zero-order valence-electron chi connectivity index (χ0n) is 9.49. The smallest absolute Gasteiger partial charge is 0.410 e. The van der Waals surface area contributed by atoms with Gasteiger partial charge >= 0.3 is 6.09 Å². The first-order valence-electron chi connectivity index (χ1n) is 5.21. The van der Waals surface area contributed by atoms with Crippen molar-refractivity contribution in [3.8, 4) is 5.75 Å². The summed E-state index contributed by atoms with van der Waals surface area (Å²) in [5.74, 6) is 0.634. The van der Waals surface area contributed by atoms with E-state index in [2.05, 4.69) is 0 Å². The quantitative estimate of drug-likeness (QED) is 0.772. The Balaban J connectivity index is 2.70. The average Bonchev–Trinajstić information content (AvgIpc) is 2.23. The second-order valence-electron chi connectivity index (χ2n) is 3.31. The molecule has 0 aromatic heterocycles. The van der Waals surface area contributed by atoms with E-state index in [9.17, 15) is 4.79 Å². The maximum Gasteiger partial charge on any atom is 0.415 e. The fourth-order valence-electron chi connectivity index (χ4n) is 1.31. The Hall–Kier alpha value is -1.51. The SMILES string of the molecule is CCN(CC)C(=O)O[13c]1[13cH][13cH][13cH][13cH][13c]1C. The maximum atomic E-state index is 11.6. The van der Waals surface area contributed by atoms with Gasteiger partial charge in [-0.1, -0.05) is 18.2 Å². The molecular weight excluding hydrogens is 196 g/mol. The van der Waals surface area contributed by atoms with Crippen molar-refractivity contribution in [2.24, 2.45) is 0 Å². The van der Waals surface area contributed by atoms with Gasteiger partial charge in [0.2, 0.25) is 0 Å². The van der Waals surface area contributed by atoms with Gasteiger partial charge in [-0.15, -0.1) is 0 Å². The van der Waals surface area contributed by atoms with Gasteiger partial charge in [0.15, 0.2) is 0 Å². The van der Waals surface area contributed by atoms with Crippen LogP contribution in [0.15, 0.2) is 24.3 Å². The summed E-state index contributed by atoms with van der Waals surface area (Å²) < 4.78 is 5.28. The number of nitrogens with zero attached hydrogens (tertiary/aromatic N) is 1. The molecule has 3 heteroatoms. The monoisotopic (exact) mass is 213 g/mol. The molecule has 1 aromatic carbocycles. The van der Waals surface area contributed by atoms with Crippen molar-refractivity contribution >= 4 is 6.09 Å². The van der Waals surface area contributed by atoms with Crippen molar-refractivity contribution in [1.82, 2.24) is 4.90 Å². The van der Waals surface area contributed by atoms with Crippen LogP contribution in [0.4, 0.5) is 4.79 Å². The zero-order chi connectivity index (χ0) is 11.3. The number of benzene rings is 1. The molecule has 0 heterocycles. The van der Waals surface area contributed by atoms with E-state index >= 15 is 0 Å². The van der Waals surface area contributed by atoms with Crippen molar-refractivity contribution in [1.29, 1.82) is 0 Å². The number of hydrogen-bond donors (Lipinski definition) is 0. The van der Waals surface area contributed by atoms with E-state index < -0.39 is 0 Å². The van der Waals surface area contributed by atoms with E-state index in [1.807, 2.05) is 39.0 Å². The standard InChI is InChI=1S/C12H17NO2/c1-4-13(5-2)12(14)15-11-9-7-6-8-10(11)3/h6-9H,4-5H2,1-3H3/i6+1,7+1,8+1,9+1,10+1,11+1. The Morgan fingerprint density at radius 2 is 1.87 bits per heavy atom. The first-order chi connectivity index (χ1) is 7.19. The van der Waals surface area contributed by atoms with Gasteiger partial charge in [0.25, 0.3) is 0 Å². The average molecular weight is 213 g/mol. The Bertz CT molecular complexity index is 332. The van der Waals surface area contributed by atoms with Crippen LogP contribution >= 0.6 is 0 Å². The lowest BCUT2D eigenvalue weighted by atomic mass is 10.6. The van der Waals surface area contributed by atoms with Crippen LogP contribution in [0.2, 0.25) is 0 Å². The van der Waals surface area contributed by atoms with Crippen LogP contribution < -0.4 is 4.74 Å². The highest BCUT2D eigenvalue weighted by Crippen LogP contribution is 2.17. The van der Waals surface area contributed by atoms with Crippen LogP contribution in [0.1, 0.15) is 19.4 Å². The number of hydrogen-bond acceptors (Lipinski definition) is 2. The molecule has 15 heavy (non-hydrogen) atoms. The molecule has 0 fully saturated rings. The highest BCUT2D eigenvalue weighted by Gasteiger charge is 2.12. The van der Waals surface area contributed by atoms with Crippen LogP contribution in [-0.4, -0.2) is 24.1 Å². The minimum absolute atomic E-state index is 0.283. The van der Waals surface area contributed by atoms with Gasteiger partial charge in [0.1, 0.15) is 5.75 Å². The summed E-state index contributed by atoms with van der Waals surface area (Å²) in [5.41, 5.74) is 0.970. The van der Waals surface area contributed by atoms with Gasteiger partial charge in [-0.2, -0.15) is 0 Å². The van der Waals surface area contributed by atoms with Gasteiger partial charge < -0.3 is 9.64 Å². The van der Waals surface area contributed by atoms with Crippen molar-refractivity contribution in [3.63, 3.8) is 0 Å². The predicted molar refractivity (Wildman–Crippen MR) is 60.1 cm³/mol. The van der Waals surface area contributed by atoms with E-state index in [0.29, 0.717) is 18.8 Å². The van der Waals surface area contributed by atoms with Crippen molar-refractivity contribution in [3.05, 3.63) is 29.8 Å². The summed E-state index contributed by atoms with van der Waals surface area (Å²) >= 11 is 0. The summed E-state index contributed by atoms with van der Waals surface area (Å²) in [6, 6.07) is 7.50. The van der Waals surface area contributed by atoms with Gasteiger partial charge in [0, 0.05) is 13.1 Å². The van der Waals surface area contributed by atoms with E-state index in [1.165, 1.54) is 0 Å². The number of carbonyl (C=O) groups is 1. The molecule has 0 bridgehead atoms. The molecule has 82 valence electrons. The minimum Gasteiger partial charge on any atom is -0.410 e. The fourth-order valence-corrected chi connectivity index (χ4v) is 1.31. The number of amides is 1. The van der Waals surface area contributed by atoms with E-state index in [4.69, 9.17) is 4.74 Å². The number of carbonyl (C=O) groups excluding carboxylic acids is 1. The van der Waals surface area contributed by atoms with Crippen LogP contribution in [0.3, 0.4) is 0 Å². The molecular formula is C12H17NO2. The van der Waals surface area contributed by atoms with E-state index in [0.717, 1.165) is 5.56 Å². The molecule has 0 saturated heterocycles. The molecule has 0 N–H and O–H groups in total. The predicted octanol–water partition coefficient (Wildman–Crippen LogP) is 2.84. The maximum absolute atomic E-state index is 11.6. The summed E-state index contributed by atoms with van der Waals surface area (Å²) in [7, 11) is 0. The number of ether oxygens (including phenoxy) is 1. The largest absolute Gasteiger partial charge is 0.415 e. The topological polar surface area (TPSA) is 29.5 Å². The molecule has 0 spiro atoms. The lowest BCUT2D eigenvalue weighted by molar-refractivity contribution is 0.157. The van der Waals surface area contributed by atoms with Crippen molar-refractivity contribution in [2.45, 2.75) is 20.8 Å². The van der Waals surface area contributed by atoms with Gasteiger partial charge in [-0.25, -0.2) is 4.79 Å². The number of para-hydroxylation sites is 1. The van der Waals surface area contributed by atoms with E-state index in [-0.39, 0.29) is 6.09 Å². The van der Waals surface area contributed by atoms with Crippen LogP contribution in [0.5, 0.6) is 5.75 Å². The first kappa shape index (κ1) is 11.6. The zero-order valence-corrected chi connectivity index (χ0v) is 9.49. The molecule has 3 nitrogen and oxygen atoms in total. The van der Waals surface area contributed by atoms with Crippen molar-refractivity contribution in [2.75, 3.05) is 13.1 Å². The van der Waals surface area contributed by atoms with E-state index in [1.54, 1.807) is 11.0 Å².